The summed E-state index contributed by atoms with van der Waals surface area (Å²) in [6, 6.07) is 3.92. The standard InChI is InChI=1S/C18H25N5OS/c1-17(2,3)13-11-23-16(21-13)25-15(22-23)20-10-12-7-8-19-14(9-12)24-18(4,5)6/h7-9,11H,10H2,1-6H3,(H,20,22). The minimum atomic E-state index is -0.260. The predicted octanol–water partition coefficient (Wildman–Crippen LogP) is 4.27. The first kappa shape index (κ1) is 17.7. The second-order valence-electron chi connectivity index (χ2n) is 8.08. The number of pyridine rings is 1. The third-order valence-corrected chi connectivity index (χ3v) is 4.35. The van der Waals surface area contributed by atoms with Gasteiger partial charge >= 0.3 is 0 Å². The fourth-order valence-corrected chi connectivity index (χ4v) is 3.02. The van der Waals surface area contributed by atoms with Crippen LogP contribution in [0.4, 0.5) is 5.13 Å². The Morgan fingerprint density at radius 2 is 1.96 bits per heavy atom. The molecule has 0 saturated heterocycles. The SMILES string of the molecule is CC(C)(C)Oc1cc(CNc2nn3cc(C(C)(C)C)nc3s2)ccn1. The van der Waals surface area contributed by atoms with Gasteiger partial charge in [0.2, 0.25) is 16.0 Å². The van der Waals surface area contributed by atoms with Crippen molar-refractivity contribution < 1.29 is 4.74 Å². The third-order valence-electron chi connectivity index (χ3n) is 3.47. The van der Waals surface area contributed by atoms with Gasteiger partial charge in [-0.25, -0.2) is 14.5 Å². The van der Waals surface area contributed by atoms with Gasteiger partial charge in [-0.05, 0) is 32.4 Å². The van der Waals surface area contributed by atoms with Crippen molar-refractivity contribution in [2.75, 3.05) is 5.32 Å². The zero-order valence-corrected chi connectivity index (χ0v) is 16.4. The van der Waals surface area contributed by atoms with Crippen LogP contribution in [0.2, 0.25) is 0 Å². The predicted molar refractivity (Wildman–Crippen MR) is 102 cm³/mol. The summed E-state index contributed by atoms with van der Waals surface area (Å²) in [6.07, 6.45) is 3.76. The highest BCUT2D eigenvalue weighted by Gasteiger charge is 2.19. The van der Waals surface area contributed by atoms with E-state index in [4.69, 9.17) is 4.74 Å². The van der Waals surface area contributed by atoms with E-state index in [1.165, 1.54) is 0 Å². The molecule has 25 heavy (non-hydrogen) atoms. The number of ether oxygens (including phenoxy) is 1. The Bertz CT molecular complexity index is 838. The number of rotatable bonds is 4. The second kappa shape index (κ2) is 6.29. The van der Waals surface area contributed by atoms with Crippen LogP contribution in [0, 0.1) is 0 Å². The minimum absolute atomic E-state index is 0.0293. The Labute approximate surface area is 152 Å². The monoisotopic (exact) mass is 359 g/mol. The van der Waals surface area contributed by atoms with E-state index in [2.05, 4.69) is 41.2 Å². The highest BCUT2D eigenvalue weighted by molar-refractivity contribution is 7.20. The maximum atomic E-state index is 5.81. The second-order valence-corrected chi connectivity index (χ2v) is 9.04. The molecule has 1 N–H and O–H groups in total. The van der Waals surface area contributed by atoms with Gasteiger partial charge in [-0.1, -0.05) is 32.1 Å². The number of nitrogens with one attached hydrogen (secondary N) is 1. The number of anilines is 1. The van der Waals surface area contributed by atoms with Crippen LogP contribution in [-0.4, -0.2) is 25.2 Å². The molecule has 0 amide bonds. The molecule has 0 aromatic carbocycles. The van der Waals surface area contributed by atoms with Crippen LogP contribution >= 0.6 is 11.3 Å². The lowest BCUT2D eigenvalue weighted by Crippen LogP contribution is -2.23. The topological polar surface area (TPSA) is 64.3 Å². The van der Waals surface area contributed by atoms with Crippen molar-refractivity contribution in [3.63, 3.8) is 0 Å². The van der Waals surface area contributed by atoms with E-state index in [0.717, 1.165) is 21.3 Å². The zero-order valence-electron chi connectivity index (χ0n) is 15.6. The molecule has 0 spiro atoms. The molecule has 3 aromatic rings. The van der Waals surface area contributed by atoms with E-state index >= 15 is 0 Å². The van der Waals surface area contributed by atoms with Crippen LogP contribution in [0.15, 0.2) is 24.5 Å². The van der Waals surface area contributed by atoms with Crippen LogP contribution in [0.1, 0.15) is 52.8 Å². The van der Waals surface area contributed by atoms with Crippen molar-refractivity contribution in [3.8, 4) is 5.88 Å². The molecule has 0 unspecified atom stereocenters. The third kappa shape index (κ3) is 4.48. The van der Waals surface area contributed by atoms with Crippen molar-refractivity contribution in [1.29, 1.82) is 0 Å². The van der Waals surface area contributed by atoms with Crippen molar-refractivity contribution in [2.24, 2.45) is 0 Å². The van der Waals surface area contributed by atoms with Crippen LogP contribution in [-0.2, 0) is 12.0 Å². The summed E-state index contributed by atoms with van der Waals surface area (Å²) in [7, 11) is 0. The fraction of sp³-hybridized carbons (Fsp3) is 0.500. The normalized spacial score (nSPS) is 12.6. The quantitative estimate of drug-likeness (QED) is 0.753. The number of aromatic nitrogens is 4. The maximum Gasteiger partial charge on any atom is 0.214 e. The summed E-state index contributed by atoms with van der Waals surface area (Å²) in [5.41, 5.74) is 1.92. The number of hydrogen-bond donors (Lipinski definition) is 1. The van der Waals surface area contributed by atoms with Crippen LogP contribution in [0.3, 0.4) is 0 Å². The molecule has 134 valence electrons. The Morgan fingerprint density at radius 1 is 1.20 bits per heavy atom. The van der Waals surface area contributed by atoms with E-state index in [-0.39, 0.29) is 11.0 Å². The highest BCUT2D eigenvalue weighted by atomic mass is 32.1. The summed E-state index contributed by atoms with van der Waals surface area (Å²) in [5, 5.41) is 8.75. The largest absolute Gasteiger partial charge is 0.472 e. The first-order chi connectivity index (χ1) is 11.6. The highest BCUT2D eigenvalue weighted by Crippen LogP contribution is 2.26. The Morgan fingerprint density at radius 3 is 2.60 bits per heavy atom. The molecule has 0 atom stereocenters. The van der Waals surface area contributed by atoms with Gasteiger partial charge < -0.3 is 10.1 Å². The lowest BCUT2D eigenvalue weighted by Gasteiger charge is -2.20. The molecule has 0 aliphatic heterocycles. The summed E-state index contributed by atoms with van der Waals surface area (Å²) in [4.78, 5) is 9.83. The van der Waals surface area contributed by atoms with Crippen molar-refractivity contribution in [2.45, 2.75) is 59.1 Å². The van der Waals surface area contributed by atoms with Gasteiger partial charge in [-0.3, -0.25) is 0 Å². The van der Waals surface area contributed by atoms with Gasteiger partial charge in [-0.15, -0.1) is 5.10 Å². The molecule has 3 heterocycles. The molecule has 0 aliphatic rings. The van der Waals surface area contributed by atoms with Gasteiger partial charge in [0, 0.05) is 24.2 Å². The van der Waals surface area contributed by atoms with E-state index in [1.54, 1.807) is 17.5 Å². The Balaban J connectivity index is 1.68. The lowest BCUT2D eigenvalue weighted by molar-refractivity contribution is 0.124. The summed E-state index contributed by atoms with van der Waals surface area (Å²) in [6.45, 7) is 13.1. The van der Waals surface area contributed by atoms with E-state index < -0.39 is 0 Å². The lowest BCUT2D eigenvalue weighted by atomic mass is 9.93. The van der Waals surface area contributed by atoms with Gasteiger partial charge in [0.15, 0.2) is 0 Å². The van der Waals surface area contributed by atoms with Gasteiger partial charge in [-0.2, -0.15) is 0 Å². The molecule has 0 saturated carbocycles. The van der Waals surface area contributed by atoms with Crippen LogP contribution in [0.5, 0.6) is 5.88 Å². The Hall–Kier alpha value is -2.15. The van der Waals surface area contributed by atoms with Gasteiger partial charge in [0.05, 0.1) is 11.9 Å². The molecule has 0 aliphatic carbocycles. The number of fused-ring (bicyclic) bond motifs is 1. The molecule has 0 bridgehead atoms. The van der Waals surface area contributed by atoms with Gasteiger partial charge in [0.25, 0.3) is 0 Å². The molecule has 3 rings (SSSR count). The van der Waals surface area contributed by atoms with Crippen LogP contribution in [0.25, 0.3) is 4.96 Å². The van der Waals surface area contributed by atoms with E-state index in [0.29, 0.717) is 12.4 Å². The summed E-state index contributed by atoms with van der Waals surface area (Å²) >= 11 is 1.55. The zero-order chi connectivity index (χ0) is 18.2. The van der Waals surface area contributed by atoms with Crippen LogP contribution < -0.4 is 10.1 Å². The first-order valence-electron chi connectivity index (χ1n) is 8.35. The number of hydrogen-bond acceptors (Lipinski definition) is 6. The molecule has 3 aromatic heterocycles. The Kier molecular flexibility index (Phi) is 4.45. The van der Waals surface area contributed by atoms with E-state index in [9.17, 15) is 0 Å². The van der Waals surface area contributed by atoms with Gasteiger partial charge in [0.1, 0.15) is 5.60 Å². The molecular weight excluding hydrogens is 334 g/mol. The molecular formula is C18H25N5OS. The minimum Gasteiger partial charge on any atom is -0.472 e. The number of nitrogens with zero attached hydrogens (tertiary/aromatic N) is 4. The van der Waals surface area contributed by atoms with Crippen molar-refractivity contribution in [1.82, 2.24) is 19.6 Å². The molecule has 7 heteroatoms. The van der Waals surface area contributed by atoms with E-state index in [1.807, 2.05) is 43.6 Å². The van der Waals surface area contributed by atoms with Crippen molar-refractivity contribution >= 4 is 21.4 Å². The first-order valence-corrected chi connectivity index (χ1v) is 9.16. The average molecular weight is 359 g/mol. The number of imidazole rings is 1. The molecule has 6 nitrogen and oxygen atoms in total. The molecule has 0 fully saturated rings. The maximum absolute atomic E-state index is 5.81. The fourth-order valence-electron chi connectivity index (χ4n) is 2.24. The van der Waals surface area contributed by atoms with Crippen molar-refractivity contribution in [3.05, 3.63) is 35.8 Å². The smallest absolute Gasteiger partial charge is 0.214 e. The molecule has 0 radical (unpaired) electrons. The average Bonchev–Trinajstić information content (AvgIpc) is 3.01. The summed E-state index contributed by atoms with van der Waals surface area (Å²) in [5.74, 6) is 0.635. The summed E-state index contributed by atoms with van der Waals surface area (Å²) < 4.78 is 7.65.